The second kappa shape index (κ2) is 6.63. The van der Waals surface area contributed by atoms with Gasteiger partial charge < -0.3 is 15.5 Å². The first-order chi connectivity index (χ1) is 11.1. The average Bonchev–Trinajstić information content (AvgIpc) is 3.15. The van der Waals surface area contributed by atoms with E-state index in [2.05, 4.69) is 16.2 Å². The fourth-order valence-corrected chi connectivity index (χ4v) is 3.90. The van der Waals surface area contributed by atoms with Gasteiger partial charge in [0.15, 0.2) is 0 Å². The monoisotopic (exact) mass is 345 g/mol. The lowest BCUT2D eigenvalue weighted by molar-refractivity contribution is 0.518. The number of nitrogens with zero attached hydrogens (tertiary/aromatic N) is 1. The molecule has 3 heterocycles. The van der Waals surface area contributed by atoms with E-state index in [1.54, 1.807) is 17.6 Å². The molecule has 0 unspecified atom stereocenters. The van der Waals surface area contributed by atoms with Crippen LogP contribution in [0.15, 0.2) is 28.9 Å². The Labute approximate surface area is 143 Å². The number of anilines is 1. The summed E-state index contributed by atoms with van der Waals surface area (Å²) < 4.78 is 6.36. The van der Waals surface area contributed by atoms with E-state index in [4.69, 9.17) is 28.2 Å². The number of nitrogens with two attached hydrogens (primary N) is 1. The second-order valence-electron chi connectivity index (χ2n) is 5.24. The normalized spacial score (nSPS) is 12.3. The SMILES string of the molecule is C#C[C@H](N)Cc1sc2c(NCc3ccco3)cc(C)nc2c1Cl. The molecule has 0 radical (unpaired) electrons. The molecule has 0 aliphatic rings. The predicted octanol–water partition coefficient (Wildman–Crippen LogP) is 3.97. The van der Waals surface area contributed by atoms with Gasteiger partial charge in [-0.05, 0) is 25.1 Å². The Morgan fingerprint density at radius 1 is 1.57 bits per heavy atom. The van der Waals surface area contributed by atoms with Crippen LogP contribution in [-0.2, 0) is 13.0 Å². The fraction of sp³-hybridized carbons (Fsp3) is 0.235. The minimum absolute atomic E-state index is 0.346. The van der Waals surface area contributed by atoms with Crippen LogP contribution in [0.1, 0.15) is 16.3 Å². The van der Waals surface area contributed by atoms with Gasteiger partial charge in [0, 0.05) is 17.0 Å². The number of hydrogen-bond acceptors (Lipinski definition) is 5. The third-order valence-electron chi connectivity index (χ3n) is 3.43. The minimum Gasteiger partial charge on any atom is -0.467 e. The molecule has 3 aromatic rings. The van der Waals surface area contributed by atoms with Crippen molar-refractivity contribution in [1.29, 1.82) is 0 Å². The fourth-order valence-electron chi connectivity index (χ4n) is 2.33. The van der Waals surface area contributed by atoms with Gasteiger partial charge in [-0.3, -0.25) is 4.98 Å². The van der Waals surface area contributed by atoms with Gasteiger partial charge in [-0.2, -0.15) is 0 Å². The molecule has 23 heavy (non-hydrogen) atoms. The number of fused-ring (bicyclic) bond motifs is 1. The summed E-state index contributed by atoms with van der Waals surface area (Å²) in [5.41, 5.74) is 8.52. The van der Waals surface area contributed by atoms with E-state index in [1.807, 2.05) is 25.1 Å². The van der Waals surface area contributed by atoms with Crippen molar-refractivity contribution in [1.82, 2.24) is 4.98 Å². The lowest BCUT2D eigenvalue weighted by Gasteiger charge is -2.07. The summed E-state index contributed by atoms with van der Waals surface area (Å²) >= 11 is 8.06. The van der Waals surface area contributed by atoms with Crippen molar-refractivity contribution in [3.63, 3.8) is 0 Å². The Bertz CT molecular complexity index is 864. The van der Waals surface area contributed by atoms with Crippen LogP contribution in [0.4, 0.5) is 5.69 Å². The van der Waals surface area contributed by atoms with Crippen LogP contribution in [0.2, 0.25) is 5.02 Å². The molecule has 0 fully saturated rings. The van der Waals surface area contributed by atoms with E-state index in [0.717, 1.165) is 32.2 Å². The van der Waals surface area contributed by atoms with Gasteiger partial charge in [-0.25, -0.2) is 0 Å². The number of rotatable bonds is 5. The first kappa shape index (κ1) is 15.9. The number of aromatic nitrogens is 1. The standard InChI is InChI=1S/C17H16ClN3OS/c1-3-11(19)8-14-15(18)16-17(23-14)13(7-10(2)21-16)20-9-12-5-4-6-22-12/h1,4-7,11H,8-9,19H2,2H3,(H,20,21)/t11-/m0/s1. The smallest absolute Gasteiger partial charge is 0.122 e. The van der Waals surface area contributed by atoms with Gasteiger partial charge in [-0.1, -0.05) is 17.5 Å². The zero-order valence-corrected chi connectivity index (χ0v) is 14.2. The van der Waals surface area contributed by atoms with Gasteiger partial charge in [0.05, 0.1) is 34.3 Å². The van der Waals surface area contributed by atoms with Crippen molar-refractivity contribution < 1.29 is 4.42 Å². The Balaban J connectivity index is 1.97. The third-order valence-corrected chi connectivity index (χ3v) is 5.19. The molecular weight excluding hydrogens is 330 g/mol. The molecule has 0 bridgehead atoms. The van der Waals surface area contributed by atoms with Crippen LogP contribution < -0.4 is 11.1 Å². The van der Waals surface area contributed by atoms with Gasteiger partial charge in [-0.15, -0.1) is 17.8 Å². The Kier molecular flexibility index (Phi) is 4.58. The van der Waals surface area contributed by atoms with Gasteiger partial charge in [0.25, 0.3) is 0 Å². The minimum atomic E-state index is -0.346. The molecule has 3 rings (SSSR count). The number of aryl methyl sites for hydroxylation is 1. The molecular formula is C17H16ClN3OS. The number of thiophene rings is 1. The number of halogens is 1. The summed E-state index contributed by atoms with van der Waals surface area (Å²) in [6.07, 6.45) is 7.58. The number of nitrogens with one attached hydrogen (secondary N) is 1. The van der Waals surface area contributed by atoms with E-state index in [9.17, 15) is 0 Å². The summed E-state index contributed by atoms with van der Waals surface area (Å²) in [5, 5.41) is 4.02. The molecule has 0 amide bonds. The van der Waals surface area contributed by atoms with E-state index in [-0.39, 0.29) is 6.04 Å². The molecule has 4 nitrogen and oxygen atoms in total. The maximum atomic E-state index is 6.48. The number of pyridine rings is 1. The van der Waals surface area contributed by atoms with Crippen molar-refractivity contribution in [2.24, 2.45) is 5.73 Å². The molecule has 118 valence electrons. The molecule has 0 saturated carbocycles. The summed E-state index contributed by atoms with van der Waals surface area (Å²) in [5.74, 6) is 3.40. The number of furan rings is 1. The Hall–Kier alpha value is -2.00. The van der Waals surface area contributed by atoms with Gasteiger partial charge >= 0.3 is 0 Å². The van der Waals surface area contributed by atoms with Crippen LogP contribution in [0, 0.1) is 19.3 Å². The van der Waals surface area contributed by atoms with E-state index in [0.29, 0.717) is 18.0 Å². The highest BCUT2D eigenvalue weighted by atomic mass is 35.5. The quantitative estimate of drug-likeness (QED) is 0.687. The Morgan fingerprint density at radius 2 is 2.39 bits per heavy atom. The van der Waals surface area contributed by atoms with Gasteiger partial charge in [0.1, 0.15) is 11.3 Å². The van der Waals surface area contributed by atoms with E-state index in [1.165, 1.54) is 0 Å². The second-order valence-corrected chi connectivity index (χ2v) is 6.72. The molecule has 0 spiro atoms. The highest BCUT2D eigenvalue weighted by molar-refractivity contribution is 7.20. The van der Waals surface area contributed by atoms with E-state index < -0.39 is 0 Å². The molecule has 0 saturated heterocycles. The molecule has 0 aromatic carbocycles. The maximum absolute atomic E-state index is 6.48. The van der Waals surface area contributed by atoms with Crippen molar-refractivity contribution >= 4 is 38.8 Å². The lowest BCUT2D eigenvalue weighted by atomic mass is 10.2. The highest BCUT2D eigenvalue weighted by Gasteiger charge is 2.17. The highest BCUT2D eigenvalue weighted by Crippen LogP contribution is 2.39. The van der Waals surface area contributed by atoms with Crippen LogP contribution in [0.5, 0.6) is 0 Å². The van der Waals surface area contributed by atoms with Gasteiger partial charge in [0.2, 0.25) is 0 Å². The van der Waals surface area contributed by atoms with Crippen molar-refractivity contribution in [3.05, 3.63) is 45.8 Å². The summed E-state index contributed by atoms with van der Waals surface area (Å²) in [7, 11) is 0. The van der Waals surface area contributed by atoms with Crippen LogP contribution in [0.3, 0.4) is 0 Å². The summed E-state index contributed by atoms with van der Waals surface area (Å²) in [4.78, 5) is 5.52. The zero-order chi connectivity index (χ0) is 16.4. The molecule has 1 atom stereocenters. The average molecular weight is 346 g/mol. The summed E-state index contributed by atoms with van der Waals surface area (Å²) in [6, 6.07) is 5.45. The Morgan fingerprint density at radius 3 is 3.09 bits per heavy atom. The molecule has 6 heteroatoms. The largest absolute Gasteiger partial charge is 0.467 e. The molecule has 3 N–H and O–H groups in total. The van der Waals surface area contributed by atoms with Crippen LogP contribution >= 0.6 is 22.9 Å². The number of hydrogen-bond donors (Lipinski definition) is 2. The molecule has 0 aliphatic carbocycles. The third kappa shape index (κ3) is 3.35. The molecule has 3 aromatic heterocycles. The first-order valence-electron chi connectivity index (χ1n) is 7.15. The van der Waals surface area contributed by atoms with Crippen molar-refractivity contribution in [3.8, 4) is 12.3 Å². The summed E-state index contributed by atoms with van der Waals surface area (Å²) in [6.45, 7) is 2.54. The zero-order valence-electron chi connectivity index (χ0n) is 12.6. The predicted molar refractivity (Wildman–Crippen MR) is 95.9 cm³/mol. The maximum Gasteiger partial charge on any atom is 0.122 e. The van der Waals surface area contributed by atoms with Crippen molar-refractivity contribution in [2.75, 3.05) is 5.32 Å². The number of terminal acetylenes is 1. The lowest BCUT2D eigenvalue weighted by Crippen LogP contribution is -2.19. The molecule has 0 aliphatic heterocycles. The van der Waals surface area contributed by atoms with Crippen molar-refractivity contribution in [2.45, 2.75) is 25.9 Å². The first-order valence-corrected chi connectivity index (χ1v) is 8.34. The van der Waals surface area contributed by atoms with Crippen LogP contribution in [-0.4, -0.2) is 11.0 Å². The van der Waals surface area contributed by atoms with E-state index >= 15 is 0 Å². The van der Waals surface area contributed by atoms with Crippen LogP contribution in [0.25, 0.3) is 10.2 Å². The topological polar surface area (TPSA) is 64.1 Å².